The number of halogens is 1. The van der Waals surface area contributed by atoms with E-state index in [4.69, 9.17) is 0 Å². The van der Waals surface area contributed by atoms with Crippen LogP contribution >= 0.6 is 24.0 Å². The van der Waals surface area contributed by atoms with E-state index in [1.165, 1.54) is 0 Å². The van der Waals surface area contributed by atoms with Crippen LogP contribution in [0.15, 0.2) is 35.3 Å². The van der Waals surface area contributed by atoms with Crippen LogP contribution in [0, 0.1) is 5.41 Å². The molecule has 1 amide bonds. The Kier molecular flexibility index (Phi) is 9.80. The van der Waals surface area contributed by atoms with Crippen LogP contribution in [0.25, 0.3) is 0 Å². The van der Waals surface area contributed by atoms with Crippen molar-refractivity contribution >= 4 is 35.8 Å². The molecule has 0 aliphatic heterocycles. The second-order valence-electron chi connectivity index (χ2n) is 5.50. The van der Waals surface area contributed by atoms with Gasteiger partial charge in [0.2, 0.25) is 5.91 Å². The fourth-order valence-electron chi connectivity index (χ4n) is 1.82. The van der Waals surface area contributed by atoms with Crippen molar-refractivity contribution in [1.29, 1.82) is 0 Å². The van der Waals surface area contributed by atoms with E-state index in [0.717, 1.165) is 18.1 Å². The molecule has 22 heavy (non-hydrogen) atoms. The van der Waals surface area contributed by atoms with E-state index in [1.807, 2.05) is 51.1 Å². The largest absolute Gasteiger partial charge is 0.359 e. The third-order valence-electron chi connectivity index (χ3n) is 3.15. The first kappa shape index (κ1) is 20.7. The predicted molar refractivity (Wildman–Crippen MR) is 103 cm³/mol. The zero-order chi connectivity index (χ0) is 15.7. The van der Waals surface area contributed by atoms with Gasteiger partial charge < -0.3 is 16.0 Å². The third kappa shape index (κ3) is 7.11. The molecule has 0 radical (unpaired) electrons. The standard InChI is InChI=1S/C16H26N4O.HI/c1-5-18-15(19-11-13-9-7-6-8-10-13)20-12-16(2,3)14(21)17-4;/h6-10H,5,11-12H2,1-4H3,(H,17,21)(H2,18,19,20);1H. The smallest absolute Gasteiger partial charge is 0.227 e. The maximum absolute atomic E-state index is 11.8. The number of rotatable bonds is 6. The lowest BCUT2D eigenvalue weighted by atomic mass is 9.92. The van der Waals surface area contributed by atoms with E-state index < -0.39 is 5.41 Å². The lowest BCUT2D eigenvalue weighted by Crippen LogP contribution is -2.47. The molecule has 0 bridgehead atoms. The van der Waals surface area contributed by atoms with Crippen LogP contribution in [0.3, 0.4) is 0 Å². The van der Waals surface area contributed by atoms with Gasteiger partial charge in [0.1, 0.15) is 0 Å². The Labute approximate surface area is 150 Å². The number of aliphatic imine (C=N–C) groups is 1. The van der Waals surface area contributed by atoms with Gasteiger partial charge in [-0.05, 0) is 26.3 Å². The highest BCUT2D eigenvalue weighted by Gasteiger charge is 2.26. The summed E-state index contributed by atoms with van der Waals surface area (Å²) >= 11 is 0. The zero-order valence-electron chi connectivity index (χ0n) is 13.8. The van der Waals surface area contributed by atoms with E-state index in [-0.39, 0.29) is 29.9 Å². The number of amides is 1. The Balaban J connectivity index is 0.00000441. The minimum atomic E-state index is -0.488. The molecular weight excluding hydrogens is 391 g/mol. The summed E-state index contributed by atoms with van der Waals surface area (Å²) in [5, 5.41) is 9.09. The van der Waals surface area contributed by atoms with Gasteiger partial charge in [0.15, 0.2) is 5.96 Å². The van der Waals surface area contributed by atoms with Gasteiger partial charge in [0, 0.05) is 20.1 Å². The van der Waals surface area contributed by atoms with Gasteiger partial charge in [-0.25, -0.2) is 4.99 Å². The van der Waals surface area contributed by atoms with Gasteiger partial charge in [-0.2, -0.15) is 0 Å². The number of carbonyl (C=O) groups excluding carboxylic acids is 1. The van der Waals surface area contributed by atoms with Crippen molar-refractivity contribution < 1.29 is 4.79 Å². The van der Waals surface area contributed by atoms with Crippen LogP contribution in [-0.2, 0) is 11.3 Å². The van der Waals surface area contributed by atoms with Gasteiger partial charge in [0.05, 0.1) is 12.0 Å². The van der Waals surface area contributed by atoms with Gasteiger partial charge >= 0.3 is 0 Å². The Morgan fingerprint density at radius 3 is 2.36 bits per heavy atom. The first-order chi connectivity index (χ1) is 9.99. The predicted octanol–water partition coefficient (Wildman–Crippen LogP) is 2.13. The maximum atomic E-state index is 11.8. The molecule has 0 atom stereocenters. The molecule has 0 aromatic heterocycles. The van der Waals surface area contributed by atoms with Crippen LogP contribution in [0.1, 0.15) is 26.3 Å². The molecule has 1 aromatic carbocycles. The summed E-state index contributed by atoms with van der Waals surface area (Å²) in [6, 6.07) is 10.1. The second kappa shape index (κ2) is 10.4. The average Bonchev–Trinajstić information content (AvgIpc) is 2.50. The topological polar surface area (TPSA) is 65.5 Å². The van der Waals surface area contributed by atoms with Crippen molar-refractivity contribution in [3.8, 4) is 0 Å². The van der Waals surface area contributed by atoms with Crippen molar-refractivity contribution in [2.24, 2.45) is 10.4 Å². The monoisotopic (exact) mass is 418 g/mol. The van der Waals surface area contributed by atoms with Crippen LogP contribution in [0.5, 0.6) is 0 Å². The van der Waals surface area contributed by atoms with Gasteiger partial charge in [0.25, 0.3) is 0 Å². The number of hydrogen-bond acceptors (Lipinski definition) is 2. The molecule has 124 valence electrons. The molecule has 0 aliphatic carbocycles. The quantitative estimate of drug-likeness (QED) is 0.377. The molecule has 1 rings (SSSR count). The Hall–Kier alpha value is -1.31. The summed E-state index contributed by atoms with van der Waals surface area (Å²) in [5.74, 6) is 0.729. The van der Waals surface area contributed by atoms with Crippen molar-refractivity contribution in [3.63, 3.8) is 0 Å². The lowest BCUT2D eigenvalue weighted by Gasteiger charge is -2.24. The molecule has 0 heterocycles. The van der Waals surface area contributed by atoms with Gasteiger partial charge in [-0.1, -0.05) is 30.3 Å². The lowest BCUT2D eigenvalue weighted by molar-refractivity contribution is -0.128. The van der Waals surface area contributed by atoms with Crippen molar-refractivity contribution in [2.75, 3.05) is 20.1 Å². The molecule has 3 N–H and O–H groups in total. The summed E-state index contributed by atoms with van der Waals surface area (Å²) in [4.78, 5) is 16.3. The molecule has 1 aromatic rings. The third-order valence-corrected chi connectivity index (χ3v) is 3.15. The number of nitrogens with zero attached hydrogens (tertiary/aromatic N) is 1. The van der Waals surface area contributed by atoms with E-state index >= 15 is 0 Å². The molecule has 0 unspecified atom stereocenters. The highest BCUT2D eigenvalue weighted by Crippen LogP contribution is 2.13. The normalized spacial score (nSPS) is 11.4. The highest BCUT2D eigenvalue weighted by atomic mass is 127. The van der Waals surface area contributed by atoms with E-state index in [1.54, 1.807) is 7.05 Å². The van der Waals surface area contributed by atoms with Crippen molar-refractivity contribution in [3.05, 3.63) is 35.9 Å². The molecule has 0 aliphatic rings. The van der Waals surface area contributed by atoms with Crippen LogP contribution in [0.4, 0.5) is 0 Å². The first-order valence-electron chi connectivity index (χ1n) is 7.28. The van der Waals surface area contributed by atoms with Gasteiger partial charge in [-0.15, -0.1) is 24.0 Å². The summed E-state index contributed by atoms with van der Waals surface area (Å²) in [6.07, 6.45) is 0. The highest BCUT2D eigenvalue weighted by molar-refractivity contribution is 14.0. The molecule has 6 heteroatoms. The summed E-state index contributed by atoms with van der Waals surface area (Å²) in [7, 11) is 1.65. The number of carbonyl (C=O) groups is 1. The summed E-state index contributed by atoms with van der Waals surface area (Å²) in [5.41, 5.74) is 0.665. The fraction of sp³-hybridized carbons (Fsp3) is 0.500. The van der Waals surface area contributed by atoms with E-state index in [0.29, 0.717) is 13.1 Å². The van der Waals surface area contributed by atoms with E-state index in [9.17, 15) is 4.79 Å². The number of benzene rings is 1. The molecule has 0 saturated carbocycles. The molecule has 5 nitrogen and oxygen atoms in total. The molecule has 0 saturated heterocycles. The van der Waals surface area contributed by atoms with Crippen LogP contribution in [-0.4, -0.2) is 32.0 Å². The first-order valence-corrected chi connectivity index (χ1v) is 7.28. The fourth-order valence-corrected chi connectivity index (χ4v) is 1.82. The van der Waals surface area contributed by atoms with Gasteiger partial charge in [-0.3, -0.25) is 4.79 Å². The SMILES string of the molecule is CCNC(=NCc1ccccc1)NCC(C)(C)C(=O)NC.I. The zero-order valence-corrected chi connectivity index (χ0v) is 16.1. The Morgan fingerprint density at radius 1 is 1.18 bits per heavy atom. The molecular formula is C16H27IN4O. The number of guanidine groups is 1. The Morgan fingerprint density at radius 2 is 1.82 bits per heavy atom. The maximum Gasteiger partial charge on any atom is 0.227 e. The summed E-state index contributed by atoms with van der Waals surface area (Å²) in [6.45, 7) is 7.73. The van der Waals surface area contributed by atoms with Crippen LogP contribution in [0.2, 0.25) is 0 Å². The van der Waals surface area contributed by atoms with E-state index in [2.05, 4.69) is 20.9 Å². The second-order valence-corrected chi connectivity index (χ2v) is 5.50. The average molecular weight is 418 g/mol. The Bertz CT molecular complexity index is 474. The number of hydrogen-bond donors (Lipinski definition) is 3. The minimum Gasteiger partial charge on any atom is -0.359 e. The van der Waals surface area contributed by atoms with Crippen molar-refractivity contribution in [2.45, 2.75) is 27.3 Å². The molecule has 0 fully saturated rings. The molecule has 0 spiro atoms. The number of nitrogens with one attached hydrogen (secondary N) is 3. The van der Waals surface area contributed by atoms with Crippen LogP contribution < -0.4 is 16.0 Å². The summed E-state index contributed by atoms with van der Waals surface area (Å²) < 4.78 is 0. The minimum absolute atomic E-state index is 0. The van der Waals surface area contributed by atoms with Crippen molar-refractivity contribution in [1.82, 2.24) is 16.0 Å².